The maximum absolute atomic E-state index is 14.6. The monoisotopic (exact) mass is 414 g/mol. The lowest BCUT2D eigenvalue weighted by Gasteiger charge is -2.07. The molecule has 0 aliphatic heterocycles. The second kappa shape index (κ2) is 9.10. The molecule has 4 aromatic carbocycles. The third-order valence-corrected chi connectivity index (χ3v) is 5.28. The Hall–Kier alpha value is -3.51. The number of rotatable bonds is 4. The molecule has 0 heterocycles. The van der Waals surface area contributed by atoms with Crippen LogP contribution in [-0.2, 0) is 6.42 Å². The summed E-state index contributed by atoms with van der Waals surface area (Å²) >= 11 is 0. The fourth-order valence-corrected chi connectivity index (χ4v) is 3.55. The SMILES string of the molecule is CCCCc1ccc(-c2ccc(C#Cc3ccc4cc(F)ccc4c3)c(F)c2)c(F)c1. The van der Waals surface area contributed by atoms with Crippen LogP contribution in [0.5, 0.6) is 0 Å². The zero-order valence-corrected chi connectivity index (χ0v) is 17.2. The van der Waals surface area contributed by atoms with Gasteiger partial charge in [-0.2, -0.15) is 0 Å². The van der Waals surface area contributed by atoms with Gasteiger partial charge in [0.2, 0.25) is 0 Å². The van der Waals surface area contributed by atoms with Crippen LogP contribution in [0.25, 0.3) is 21.9 Å². The van der Waals surface area contributed by atoms with Gasteiger partial charge in [-0.05, 0) is 77.2 Å². The highest BCUT2D eigenvalue weighted by atomic mass is 19.1. The Balaban J connectivity index is 1.58. The Morgan fingerprint density at radius 3 is 2.29 bits per heavy atom. The van der Waals surface area contributed by atoms with Crippen LogP contribution in [0.3, 0.4) is 0 Å². The van der Waals surface area contributed by atoms with Crippen molar-refractivity contribution < 1.29 is 13.2 Å². The molecule has 0 fully saturated rings. The van der Waals surface area contributed by atoms with E-state index in [1.54, 1.807) is 36.4 Å². The number of halogens is 3. The van der Waals surface area contributed by atoms with Crippen molar-refractivity contribution in [2.24, 2.45) is 0 Å². The first kappa shape index (κ1) is 20.8. The molecule has 0 amide bonds. The molecule has 0 radical (unpaired) electrons. The van der Waals surface area contributed by atoms with Gasteiger partial charge in [-0.1, -0.05) is 55.5 Å². The molecule has 4 rings (SSSR count). The van der Waals surface area contributed by atoms with Crippen molar-refractivity contribution in [2.75, 3.05) is 0 Å². The van der Waals surface area contributed by atoms with E-state index in [1.165, 1.54) is 24.3 Å². The maximum atomic E-state index is 14.6. The predicted molar refractivity (Wildman–Crippen MR) is 120 cm³/mol. The molecule has 3 heteroatoms. The molecule has 0 aliphatic carbocycles. The normalized spacial score (nSPS) is 10.7. The standard InChI is InChI=1S/C28H21F3/c1-2-3-4-19-7-14-26(28(31)16-19)24-11-10-21(27(30)18-24)8-5-20-6-9-23-17-25(29)13-12-22(23)15-20/h6-7,9-18H,2-4H2,1H3. The van der Waals surface area contributed by atoms with Crippen molar-refractivity contribution in [3.8, 4) is 23.0 Å². The van der Waals surface area contributed by atoms with Gasteiger partial charge in [0.25, 0.3) is 0 Å². The summed E-state index contributed by atoms with van der Waals surface area (Å²) in [6.45, 7) is 2.10. The van der Waals surface area contributed by atoms with Crippen LogP contribution in [0, 0.1) is 29.3 Å². The molecule has 0 unspecified atom stereocenters. The molecule has 0 saturated heterocycles. The van der Waals surface area contributed by atoms with E-state index in [9.17, 15) is 13.2 Å². The average Bonchev–Trinajstić information content (AvgIpc) is 2.77. The van der Waals surface area contributed by atoms with Crippen LogP contribution in [0.4, 0.5) is 13.2 Å². The zero-order chi connectivity index (χ0) is 21.8. The zero-order valence-electron chi connectivity index (χ0n) is 17.2. The molecule has 0 bridgehead atoms. The van der Waals surface area contributed by atoms with E-state index in [2.05, 4.69) is 18.8 Å². The molecule has 0 saturated carbocycles. The number of benzene rings is 4. The number of aryl methyl sites for hydroxylation is 1. The Morgan fingerprint density at radius 2 is 1.52 bits per heavy atom. The second-order valence-electron chi connectivity index (χ2n) is 7.57. The highest BCUT2D eigenvalue weighted by molar-refractivity contribution is 5.84. The summed E-state index contributed by atoms with van der Waals surface area (Å²) in [5, 5.41) is 1.64. The Morgan fingerprint density at radius 1 is 0.710 bits per heavy atom. The minimum Gasteiger partial charge on any atom is -0.207 e. The van der Waals surface area contributed by atoms with Crippen molar-refractivity contribution in [3.63, 3.8) is 0 Å². The highest BCUT2D eigenvalue weighted by Gasteiger charge is 2.09. The molecule has 31 heavy (non-hydrogen) atoms. The summed E-state index contributed by atoms with van der Waals surface area (Å²) in [6, 6.07) is 19.6. The first-order valence-corrected chi connectivity index (χ1v) is 10.3. The lowest BCUT2D eigenvalue weighted by Crippen LogP contribution is -1.92. The van der Waals surface area contributed by atoms with Crippen molar-refractivity contribution in [1.29, 1.82) is 0 Å². The fourth-order valence-electron chi connectivity index (χ4n) is 3.55. The van der Waals surface area contributed by atoms with Crippen molar-refractivity contribution in [3.05, 3.63) is 107 Å². The summed E-state index contributed by atoms with van der Waals surface area (Å²) in [4.78, 5) is 0. The number of unbranched alkanes of at least 4 members (excludes halogenated alkanes) is 1. The van der Waals surface area contributed by atoms with E-state index in [1.807, 2.05) is 12.1 Å². The molecule has 0 aliphatic rings. The van der Waals surface area contributed by atoms with Crippen LogP contribution in [0.1, 0.15) is 36.5 Å². The Bertz CT molecular complexity index is 1310. The first-order valence-electron chi connectivity index (χ1n) is 10.3. The molecule has 0 nitrogen and oxygen atoms in total. The van der Waals surface area contributed by atoms with E-state index >= 15 is 0 Å². The molecule has 0 spiro atoms. The van der Waals surface area contributed by atoms with Gasteiger partial charge in [-0.15, -0.1) is 0 Å². The van der Waals surface area contributed by atoms with E-state index in [0.717, 1.165) is 35.6 Å². The maximum Gasteiger partial charge on any atom is 0.139 e. The lowest BCUT2D eigenvalue weighted by atomic mass is 9.99. The van der Waals surface area contributed by atoms with E-state index in [-0.39, 0.29) is 17.2 Å². The fraction of sp³-hybridized carbons (Fsp3) is 0.143. The van der Waals surface area contributed by atoms with Gasteiger partial charge in [0.1, 0.15) is 17.5 Å². The van der Waals surface area contributed by atoms with Crippen LogP contribution in [-0.4, -0.2) is 0 Å². The van der Waals surface area contributed by atoms with Crippen LogP contribution in [0.15, 0.2) is 72.8 Å². The summed E-state index contributed by atoms with van der Waals surface area (Å²) in [7, 11) is 0. The van der Waals surface area contributed by atoms with Crippen molar-refractivity contribution in [2.45, 2.75) is 26.2 Å². The van der Waals surface area contributed by atoms with Gasteiger partial charge < -0.3 is 0 Å². The highest BCUT2D eigenvalue weighted by Crippen LogP contribution is 2.26. The van der Waals surface area contributed by atoms with E-state index in [4.69, 9.17) is 0 Å². The molecular weight excluding hydrogens is 393 g/mol. The van der Waals surface area contributed by atoms with Crippen LogP contribution in [0.2, 0.25) is 0 Å². The number of hydrogen-bond acceptors (Lipinski definition) is 0. The largest absolute Gasteiger partial charge is 0.207 e. The topological polar surface area (TPSA) is 0 Å². The summed E-state index contributed by atoms with van der Waals surface area (Å²) in [5.74, 6) is 4.65. The second-order valence-corrected chi connectivity index (χ2v) is 7.57. The summed E-state index contributed by atoms with van der Waals surface area (Å²) in [6.07, 6.45) is 2.89. The third-order valence-electron chi connectivity index (χ3n) is 5.28. The van der Waals surface area contributed by atoms with Gasteiger partial charge in [0, 0.05) is 11.1 Å². The molecule has 0 aromatic heterocycles. The van der Waals surface area contributed by atoms with Crippen molar-refractivity contribution in [1.82, 2.24) is 0 Å². The van der Waals surface area contributed by atoms with Gasteiger partial charge in [-0.25, -0.2) is 13.2 Å². The quantitative estimate of drug-likeness (QED) is 0.301. The van der Waals surface area contributed by atoms with Crippen LogP contribution >= 0.6 is 0 Å². The number of fused-ring (bicyclic) bond motifs is 1. The Labute approximate surface area is 180 Å². The van der Waals surface area contributed by atoms with Gasteiger partial charge in [0.05, 0.1) is 5.56 Å². The minimum atomic E-state index is -0.498. The first-order chi connectivity index (χ1) is 15.0. The van der Waals surface area contributed by atoms with Crippen molar-refractivity contribution >= 4 is 10.8 Å². The van der Waals surface area contributed by atoms with Gasteiger partial charge in [0.15, 0.2) is 0 Å². The van der Waals surface area contributed by atoms with E-state index in [0.29, 0.717) is 16.7 Å². The molecule has 154 valence electrons. The molecule has 0 N–H and O–H groups in total. The van der Waals surface area contributed by atoms with E-state index < -0.39 is 5.82 Å². The Kier molecular flexibility index (Phi) is 6.09. The molecule has 0 atom stereocenters. The van der Waals surface area contributed by atoms with Gasteiger partial charge in [-0.3, -0.25) is 0 Å². The molecular formula is C28H21F3. The molecule has 4 aromatic rings. The number of hydrogen-bond donors (Lipinski definition) is 0. The smallest absolute Gasteiger partial charge is 0.139 e. The third kappa shape index (κ3) is 4.81. The van der Waals surface area contributed by atoms with Crippen LogP contribution < -0.4 is 0 Å². The van der Waals surface area contributed by atoms with Gasteiger partial charge >= 0.3 is 0 Å². The summed E-state index contributed by atoms with van der Waals surface area (Å²) in [5.41, 5.74) is 2.75. The minimum absolute atomic E-state index is 0.239. The predicted octanol–water partition coefficient (Wildman–Crippen LogP) is 7.67. The average molecular weight is 414 g/mol. The summed E-state index contributed by atoms with van der Waals surface area (Å²) < 4.78 is 42.5. The lowest BCUT2D eigenvalue weighted by molar-refractivity contribution is 0.621.